The van der Waals surface area contributed by atoms with E-state index in [1.165, 1.54) is 0 Å². The molecule has 0 aromatic carbocycles. The predicted octanol–water partition coefficient (Wildman–Crippen LogP) is 4.46. The van der Waals surface area contributed by atoms with Crippen molar-refractivity contribution in [3.8, 4) is 0 Å². The number of nitrogens with zero attached hydrogens (tertiary/aromatic N) is 1. The number of aromatic nitrogens is 1. The van der Waals surface area contributed by atoms with Gasteiger partial charge in [-0.25, -0.2) is 0 Å². The van der Waals surface area contributed by atoms with Crippen LogP contribution in [0.15, 0.2) is 21.2 Å². The first-order valence-electron chi connectivity index (χ1n) is 6.49. The van der Waals surface area contributed by atoms with Gasteiger partial charge in [-0.05, 0) is 71.2 Å². The van der Waals surface area contributed by atoms with Crippen LogP contribution in [0.4, 0.5) is 0 Å². The SMILES string of the molecule is CCNC(CCC(C)(C)OC)c1ncc(Br)cc1Br. The van der Waals surface area contributed by atoms with Crippen LogP contribution in [0.1, 0.15) is 45.3 Å². The lowest BCUT2D eigenvalue weighted by molar-refractivity contribution is 0.0116. The molecule has 108 valence electrons. The number of ether oxygens (including phenoxy) is 1. The Hall–Kier alpha value is 0.0300. The van der Waals surface area contributed by atoms with Gasteiger partial charge in [-0.1, -0.05) is 6.92 Å². The average molecular weight is 394 g/mol. The number of methoxy groups -OCH3 is 1. The Morgan fingerprint density at radius 2 is 2.11 bits per heavy atom. The van der Waals surface area contributed by atoms with E-state index in [1.54, 1.807) is 7.11 Å². The van der Waals surface area contributed by atoms with Gasteiger partial charge in [-0.3, -0.25) is 4.98 Å². The fourth-order valence-corrected chi connectivity index (χ4v) is 3.12. The van der Waals surface area contributed by atoms with Gasteiger partial charge in [0.1, 0.15) is 0 Å². The van der Waals surface area contributed by atoms with E-state index in [0.717, 1.165) is 34.0 Å². The molecule has 0 aliphatic heterocycles. The number of halogens is 2. The van der Waals surface area contributed by atoms with E-state index < -0.39 is 0 Å². The largest absolute Gasteiger partial charge is 0.379 e. The Morgan fingerprint density at radius 3 is 2.63 bits per heavy atom. The summed E-state index contributed by atoms with van der Waals surface area (Å²) < 4.78 is 7.50. The van der Waals surface area contributed by atoms with Gasteiger partial charge in [0.15, 0.2) is 0 Å². The van der Waals surface area contributed by atoms with Gasteiger partial charge in [0.2, 0.25) is 0 Å². The summed E-state index contributed by atoms with van der Waals surface area (Å²) in [5.41, 5.74) is 0.951. The Morgan fingerprint density at radius 1 is 1.42 bits per heavy atom. The van der Waals surface area contributed by atoms with Crippen LogP contribution in [0.2, 0.25) is 0 Å². The van der Waals surface area contributed by atoms with Crippen molar-refractivity contribution in [3.63, 3.8) is 0 Å². The first-order chi connectivity index (χ1) is 8.89. The third kappa shape index (κ3) is 5.50. The fourth-order valence-electron chi connectivity index (χ4n) is 1.86. The van der Waals surface area contributed by atoms with Gasteiger partial charge in [0.05, 0.1) is 17.3 Å². The molecule has 1 atom stereocenters. The van der Waals surface area contributed by atoms with E-state index in [0.29, 0.717) is 0 Å². The maximum atomic E-state index is 5.48. The lowest BCUT2D eigenvalue weighted by atomic mass is 9.97. The average Bonchev–Trinajstić information content (AvgIpc) is 2.35. The van der Waals surface area contributed by atoms with Crippen LogP contribution < -0.4 is 5.32 Å². The summed E-state index contributed by atoms with van der Waals surface area (Å²) in [6.07, 6.45) is 3.80. The predicted molar refractivity (Wildman–Crippen MR) is 86.4 cm³/mol. The van der Waals surface area contributed by atoms with Crippen molar-refractivity contribution in [1.82, 2.24) is 10.3 Å². The van der Waals surface area contributed by atoms with Crippen LogP contribution in [0.25, 0.3) is 0 Å². The molecule has 1 N–H and O–H groups in total. The molecule has 0 radical (unpaired) electrons. The Balaban J connectivity index is 2.82. The highest BCUT2D eigenvalue weighted by Crippen LogP contribution is 2.29. The van der Waals surface area contributed by atoms with Crippen molar-refractivity contribution in [2.45, 2.75) is 45.3 Å². The number of rotatable bonds is 7. The van der Waals surface area contributed by atoms with Crippen LogP contribution in [0, 0.1) is 0 Å². The highest BCUT2D eigenvalue weighted by molar-refractivity contribution is 9.11. The summed E-state index contributed by atoms with van der Waals surface area (Å²) in [5.74, 6) is 0. The Labute approximate surface area is 132 Å². The van der Waals surface area contributed by atoms with E-state index in [-0.39, 0.29) is 11.6 Å². The van der Waals surface area contributed by atoms with Crippen molar-refractivity contribution in [2.75, 3.05) is 13.7 Å². The smallest absolute Gasteiger partial charge is 0.0715 e. The molecule has 1 aromatic rings. The quantitative estimate of drug-likeness (QED) is 0.742. The molecule has 0 aliphatic carbocycles. The third-order valence-electron chi connectivity index (χ3n) is 3.20. The lowest BCUT2D eigenvalue weighted by Gasteiger charge is -2.26. The number of hydrogen-bond donors (Lipinski definition) is 1. The van der Waals surface area contributed by atoms with Crippen LogP contribution in [-0.2, 0) is 4.74 Å². The molecule has 1 rings (SSSR count). The van der Waals surface area contributed by atoms with Crippen molar-refractivity contribution < 1.29 is 4.74 Å². The molecule has 0 saturated carbocycles. The molecule has 0 saturated heterocycles. The standard InChI is InChI=1S/C14H22Br2N2O/c1-5-17-12(6-7-14(2,3)19-4)13-11(16)8-10(15)9-18-13/h8-9,12,17H,5-7H2,1-4H3. The van der Waals surface area contributed by atoms with Crippen molar-refractivity contribution in [2.24, 2.45) is 0 Å². The van der Waals surface area contributed by atoms with E-state index in [2.05, 4.69) is 62.9 Å². The van der Waals surface area contributed by atoms with Gasteiger partial charge >= 0.3 is 0 Å². The van der Waals surface area contributed by atoms with Crippen LogP contribution in [0.5, 0.6) is 0 Å². The fraction of sp³-hybridized carbons (Fsp3) is 0.643. The van der Waals surface area contributed by atoms with Crippen molar-refractivity contribution >= 4 is 31.9 Å². The Bertz CT molecular complexity index is 410. The minimum absolute atomic E-state index is 0.102. The van der Waals surface area contributed by atoms with E-state index in [1.807, 2.05) is 12.3 Å². The van der Waals surface area contributed by atoms with Gasteiger partial charge in [0.25, 0.3) is 0 Å². The van der Waals surface area contributed by atoms with E-state index in [9.17, 15) is 0 Å². The molecule has 3 nitrogen and oxygen atoms in total. The normalized spacial score (nSPS) is 13.6. The highest BCUT2D eigenvalue weighted by atomic mass is 79.9. The number of pyridine rings is 1. The molecule has 1 heterocycles. The number of hydrogen-bond acceptors (Lipinski definition) is 3. The van der Waals surface area contributed by atoms with Gasteiger partial charge in [0, 0.05) is 22.3 Å². The summed E-state index contributed by atoms with van der Waals surface area (Å²) in [7, 11) is 1.76. The van der Waals surface area contributed by atoms with Gasteiger partial charge < -0.3 is 10.1 Å². The van der Waals surface area contributed by atoms with Crippen molar-refractivity contribution in [1.29, 1.82) is 0 Å². The zero-order chi connectivity index (χ0) is 14.5. The molecular weight excluding hydrogens is 372 g/mol. The second-order valence-electron chi connectivity index (χ2n) is 5.13. The lowest BCUT2D eigenvalue weighted by Crippen LogP contribution is -2.28. The maximum absolute atomic E-state index is 5.48. The van der Waals surface area contributed by atoms with Gasteiger partial charge in [-0.15, -0.1) is 0 Å². The summed E-state index contributed by atoms with van der Waals surface area (Å²) >= 11 is 7.02. The molecule has 0 bridgehead atoms. The zero-order valence-electron chi connectivity index (χ0n) is 12.0. The second kappa shape index (κ2) is 7.72. The topological polar surface area (TPSA) is 34.1 Å². The molecular formula is C14H22Br2N2O. The van der Waals surface area contributed by atoms with Crippen LogP contribution >= 0.6 is 31.9 Å². The minimum Gasteiger partial charge on any atom is -0.379 e. The highest BCUT2D eigenvalue weighted by Gasteiger charge is 2.21. The molecule has 0 fully saturated rings. The molecule has 1 unspecified atom stereocenters. The summed E-state index contributed by atoms with van der Waals surface area (Å²) in [6, 6.07) is 2.27. The molecule has 19 heavy (non-hydrogen) atoms. The van der Waals surface area contributed by atoms with Crippen LogP contribution in [-0.4, -0.2) is 24.2 Å². The Kier molecular flexibility index (Phi) is 6.94. The van der Waals surface area contributed by atoms with Crippen molar-refractivity contribution in [3.05, 3.63) is 26.9 Å². The molecule has 0 aliphatic rings. The molecule has 0 spiro atoms. The zero-order valence-corrected chi connectivity index (χ0v) is 15.1. The van der Waals surface area contributed by atoms with E-state index in [4.69, 9.17) is 4.74 Å². The molecule has 1 aromatic heterocycles. The number of nitrogens with one attached hydrogen (secondary N) is 1. The molecule has 0 amide bonds. The summed E-state index contributed by atoms with van der Waals surface area (Å²) in [4.78, 5) is 4.53. The second-order valence-corrected chi connectivity index (χ2v) is 6.90. The first kappa shape index (κ1) is 17.1. The molecule has 5 heteroatoms. The monoisotopic (exact) mass is 392 g/mol. The van der Waals surface area contributed by atoms with Gasteiger partial charge in [-0.2, -0.15) is 0 Å². The van der Waals surface area contributed by atoms with Crippen LogP contribution in [0.3, 0.4) is 0 Å². The van der Waals surface area contributed by atoms with E-state index >= 15 is 0 Å². The summed E-state index contributed by atoms with van der Waals surface area (Å²) in [5, 5.41) is 3.49. The maximum Gasteiger partial charge on any atom is 0.0715 e. The first-order valence-corrected chi connectivity index (χ1v) is 8.07. The summed E-state index contributed by atoms with van der Waals surface area (Å²) in [6.45, 7) is 7.25. The third-order valence-corrected chi connectivity index (χ3v) is 4.27. The minimum atomic E-state index is -0.102.